The Hall–Kier alpha value is -3.59. The van der Waals surface area contributed by atoms with Crippen LogP contribution in [0.5, 0.6) is 0 Å². The van der Waals surface area contributed by atoms with Crippen molar-refractivity contribution in [3.8, 4) is 22.5 Å². The van der Waals surface area contributed by atoms with Gasteiger partial charge in [0.15, 0.2) is 5.82 Å². The van der Waals surface area contributed by atoms with Gasteiger partial charge in [-0.3, -0.25) is 9.69 Å². The maximum atomic E-state index is 15.0. The molecule has 1 unspecified atom stereocenters. The van der Waals surface area contributed by atoms with Gasteiger partial charge in [0.05, 0.1) is 0 Å². The van der Waals surface area contributed by atoms with Crippen LogP contribution >= 0.6 is 0 Å². The van der Waals surface area contributed by atoms with Crippen molar-refractivity contribution in [2.75, 3.05) is 36.8 Å². The lowest BCUT2D eigenvalue weighted by Crippen LogP contribution is -2.53. The van der Waals surface area contributed by atoms with Crippen molar-refractivity contribution in [1.29, 1.82) is 0 Å². The average Bonchev–Trinajstić information content (AvgIpc) is 2.85. The molecule has 3 heterocycles. The van der Waals surface area contributed by atoms with Crippen LogP contribution in [0.2, 0.25) is 0 Å². The van der Waals surface area contributed by atoms with E-state index in [2.05, 4.69) is 45.9 Å². The first-order valence-electron chi connectivity index (χ1n) is 12.3. The Morgan fingerprint density at radius 2 is 1.81 bits per heavy atom. The normalized spacial score (nSPS) is 18.3. The number of piperazine rings is 1. The van der Waals surface area contributed by atoms with Crippen LogP contribution in [-0.2, 0) is 6.42 Å². The molecule has 1 saturated heterocycles. The zero-order valence-corrected chi connectivity index (χ0v) is 20.7. The fourth-order valence-electron chi connectivity index (χ4n) is 5.08. The first-order valence-corrected chi connectivity index (χ1v) is 12.3. The summed E-state index contributed by atoms with van der Waals surface area (Å²) in [5.74, 6) is -2.00. The Bertz CT molecular complexity index is 1310. The third kappa shape index (κ3) is 4.39. The Morgan fingerprint density at radius 3 is 2.50 bits per heavy atom. The number of amides is 1. The number of nitrogen functional groups attached to an aromatic ring is 1. The largest absolute Gasteiger partial charge is 0.382 e. The maximum absolute atomic E-state index is 15.0. The van der Waals surface area contributed by atoms with Gasteiger partial charge in [0.2, 0.25) is 5.95 Å². The Kier molecular flexibility index (Phi) is 6.34. The highest BCUT2D eigenvalue weighted by Crippen LogP contribution is 2.33. The minimum absolute atomic E-state index is 0.00158. The van der Waals surface area contributed by atoms with Crippen molar-refractivity contribution in [3.63, 3.8) is 0 Å². The number of nitrogens with two attached hydrogens (primary N) is 1. The zero-order chi connectivity index (χ0) is 25.6. The number of hydrogen-bond acceptors (Lipinski definition) is 6. The second kappa shape index (κ2) is 9.46. The summed E-state index contributed by atoms with van der Waals surface area (Å²) in [7, 11) is 0. The van der Waals surface area contributed by atoms with Gasteiger partial charge in [-0.1, -0.05) is 12.1 Å². The summed E-state index contributed by atoms with van der Waals surface area (Å²) in [6.07, 6.45) is 0.557. The van der Waals surface area contributed by atoms with Crippen LogP contribution in [-0.4, -0.2) is 59.0 Å². The molecule has 1 aromatic heterocycles. The van der Waals surface area contributed by atoms with E-state index < -0.39 is 11.8 Å². The summed E-state index contributed by atoms with van der Waals surface area (Å²) in [5, 5.41) is 2.70. The van der Waals surface area contributed by atoms with E-state index in [9.17, 15) is 9.18 Å². The number of aromatic nitrogens is 2. The van der Waals surface area contributed by atoms with E-state index in [1.54, 1.807) is 18.2 Å². The van der Waals surface area contributed by atoms with Gasteiger partial charge in [-0.05, 0) is 57.0 Å². The minimum atomic E-state index is -0.819. The number of nitrogens with one attached hydrogen (secondary N) is 1. The standard InChI is InChI=1S/C27H30F2N6O/c1-15(2)34-10-11-35(16(3)14-34)19-6-4-17(5-7-19)23-25(29)33-26(30)24(32-23)21-12-18-8-9-31-27(36)20(18)13-22(21)28/h4-7,12-13,15-16H,8-11,14H2,1-3H3,(H2,30,33)(H,31,36). The van der Waals surface area contributed by atoms with Crippen molar-refractivity contribution in [3.05, 3.63) is 59.3 Å². The molecular weight excluding hydrogens is 462 g/mol. The minimum Gasteiger partial charge on any atom is -0.382 e. The van der Waals surface area contributed by atoms with Gasteiger partial charge in [0.1, 0.15) is 17.2 Å². The van der Waals surface area contributed by atoms with Crippen LogP contribution in [0.3, 0.4) is 0 Å². The van der Waals surface area contributed by atoms with Crippen molar-refractivity contribution in [2.45, 2.75) is 39.3 Å². The van der Waals surface area contributed by atoms with Crippen LogP contribution in [0.25, 0.3) is 22.5 Å². The lowest BCUT2D eigenvalue weighted by atomic mass is 9.96. The third-order valence-electron chi connectivity index (χ3n) is 7.11. The molecule has 0 aliphatic carbocycles. The monoisotopic (exact) mass is 492 g/mol. The summed E-state index contributed by atoms with van der Waals surface area (Å²) >= 11 is 0. The molecule has 188 valence electrons. The highest BCUT2D eigenvalue weighted by atomic mass is 19.1. The number of hydrogen-bond donors (Lipinski definition) is 2. The van der Waals surface area contributed by atoms with E-state index in [0.717, 1.165) is 25.3 Å². The molecule has 36 heavy (non-hydrogen) atoms. The molecule has 0 bridgehead atoms. The molecule has 3 N–H and O–H groups in total. The van der Waals surface area contributed by atoms with Gasteiger partial charge in [0.25, 0.3) is 5.91 Å². The van der Waals surface area contributed by atoms with Crippen molar-refractivity contribution < 1.29 is 13.6 Å². The summed E-state index contributed by atoms with van der Waals surface area (Å²) in [4.78, 5) is 25.1. The lowest BCUT2D eigenvalue weighted by Gasteiger charge is -2.43. The van der Waals surface area contributed by atoms with Crippen molar-refractivity contribution in [1.82, 2.24) is 20.2 Å². The van der Waals surface area contributed by atoms with E-state index >= 15 is 4.39 Å². The fraction of sp³-hybridized carbons (Fsp3) is 0.370. The van der Waals surface area contributed by atoms with Crippen molar-refractivity contribution in [2.24, 2.45) is 0 Å². The van der Waals surface area contributed by atoms with Crippen LogP contribution in [0.15, 0.2) is 36.4 Å². The Balaban J connectivity index is 1.46. The molecular formula is C27H30F2N6O. The molecule has 0 radical (unpaired) electrons. The number of nitrogens with zero attached hydrogens (tertiary/aromatic N) is 4. The average molecular weight is 493 g/mol. The first kappa shape index (κ1) is 24.1. The molecule has 0 spiro atoms. The summed E-state index contributed by atoms with van der Waals surface area (Å²) in [6.45, 7) is 9.96. The second-order valence-electron chi connectivity index (χ2n) is 9.77. The lowest BCUT2D eigenvalue weighted by molar-refractivity contribution is 0.0945. The maximum Gasteiger partial charge on any atom is 0.251 e. The molecule has 5 rings (SSSR count). The van der Waals surface area contributed by atoms with E-state index in [-0.39, 0.29) is 34.2 Å². The topological polar surface area (TPSA) is 87.4 Å². The predicted octanol–water partition coefficient (Wildman–Crippen LogP) is 3.88. The number of carbonyl (C=O) groups is 1. The van der Waals surface area contributed by atoms with E-state index in [0.29, 0.717) is 36.2 Å². The Labute approximate surface area is 209 Å². The first-order chi connectivity index (χ1) is 17.2. The number of fused-ring (bicyclic) bond motifs is 1. The smallest absolute Gasteiger partial charge is 0.251 e. The molecule has 3 aromatic rings. The predicted molar refractivity (Wildman–Crippen MR) is 137 cm³/mol. The molecule has 1 atom stereocenters. The van der Waals surface area contributed by atoms with Gasteiger partial charge in [-0.2, -0.15) is 9.37 Å². The number of halogens is 2. The van der Waals surface area contributed by atoms with Gasteiger partial charge in [0, 0.05) is 60.6 Å². The van der Waals surface area contributed by atoms with Crippen LogP contribution in [0, 0.1) is 11.8 Å². The van der Waals surface area contributed by atoms with E-state index in [1.807, 2.05) is 12.1 Å². The van der Waals surface area contributed by atoms with Gasteiger partial charge < -0.3 is 16.0 Å². The molecule has 7 nitrogen and oxygen atoms in total. The molecule has 2 aliphatic heterocycles. The summed E-state index contributed by atoms with van der Waals surface area (Å²) < 4.78 is 29.9. The van der Waals surface area contributed by atoms with Crippen LogP contribution in [0.4, 0.5) is 20.3 Å². The molecule has 1 amide bonds. The van der Waals surface area contributed by atoms with Gasteiger partial charge in [-0.15, -0.1) is 0 Å². The van der Waals surface area contributed by atoms with Gasteiger partial charge in [-0.25, -0.2) is 9.37 Å². The SMILES string of the molecule is CC(C)N1CCN(c2ccc(-c3nc(-c4cc5c(cc4F)C(=O)NCC5)c(N)nc3F)cc2)C(C)C1. The van der Waals surface area contributed by atoms with Crippen LogP contribution < -0.4 is 16.0 Å². The van der Waals surface area contributed by atoms with Crippen LogP contribution in [0.1, 0.15) is 36.7 Å². The van der Waals surface area contributed by atoms with E-state index in [1.165, 1.54) is 6.07 Å². The third-order valence-corrected chi connectivity index (χ3v) is 7.11. The van der Waals surface area contributed by atoms with E-state index in [4.69, 9.17) is 5.73 Å². The highest BCUT2D eigenvalue weighted by Gasteiger charge is 2.26. The number of carbonyl (C=O) groups excluding carboxylic acids is 1. The summed E-state index contributed by atoms with van der Waals surface area (Å²) in [5.41, 5.74) is 8.68. The quantitative estimate of drug-likeness (QED) is 0.575. The number of benzene rings is 2. The molecule has 9 heteroatoms. The zero-order valence-electron chi connectivity index (χ0n) is 20.7. The summed E-state index contributed by atoms with van der Waals surface area (Å²) in [6, 6.07) is 11.1. The molecule has 0 saturated carbocycles. The Morgan fingerprint density at radius 1 is 1.06 bits per heavy atom. The fourth-order valence-corrected chi connectivity index (χ4v) is 5.08. The van der Waals surface area contributed by atoms with Crippen molar-refractivity contribution >= 4 is 17.4 Å². The van der Waals surface area contributed by atoms with Gasteiger partial charge >= 0.3 is 0 Å². The molecule has 2 aromatic carbocycles. The molecule has 1 fully saturated rings. The molecule has 2 aliphatic rings. The number of anilines is 2. The second-order valence-corrected chi connectivity index (χ2v) is 9.77. The highest BCUT2D eigenvalue weighted by molar-refractivity contribution is 5.97. The number of rotatable bonds is 4.